The molecule has 0 spiro atoms. The van der Waals surface area contributed by atoms with Crippen molar-refractivity contribution in [2.24, 2.45) is 7.05 Å². The Labute approximate surface area is 104 Å². The molecule has 0 radical (unpaired) electrons. The molecule has 0 amide bonds. The number of hydrogen-bond donors (Lipinski definition) is 0. The zero-order valence-electron chi connectivity index (χ0n) is 10.5. The smallest absolute Gasteiger partial charge is 0.350 e. The number of hydrogen-bond acceptors (Lipinski definition) is 1. The molecule has 1 unspecified atom stereocenters. The summed E-state index contributed by atoms with van der Waals surface area (Å²) in [6.45, 7) is 0. The fourth-order valence-corrected chi connectivity index (χ4v) is 2.34. The van der Waals surface area contributed by atoms with E-state index < -0.39 is 12.2 Å². The van der Waals surface area contributed by atoms with Crippen molar-refractivity contribution in [1.29, 1.82) is 0 Å². The number of rotatable bonds is 2. The first-order chi connectivity index (χ1) is 8.32. The van der Waals surface area contributed by atoms with Gasteiger partial charge in [-0.2, -0.15) is 13.2 Å². The van der Waals surface area contributed by atoms with E-state index in [1.54, 1.807) is 29.9 Å². The lowest BCUT2D eigenvalue weighted by Gasteiger charge is -2.26. The molecule has 1 atom stereocenters. The Kier molecular flexibility index (Phi) is 3.11. The van der Waals surface area contributed by atoms with Crippen LogP contribution in [0.3, 0.4) is 0 Å². The van der Waals surface area contributed by atoms with Crippen LogP contribution in [0.4, 0.5) is 13.2 Å². The van der Waals surface area contributed by atoms with Crippen LogP contribution in [0, 0.1) is 0 Å². The van der Waals surface area contributed by atoms with Gasteiger partial charge in [-0.3, -0.25) is 4.90 Å². The third-order valence-corrected chi connectivity index (χ3v) is 3.05. The molecule has 1 aromatic carbocycles. The predicted molar refractivity (Wildman–Crippen MR) is 65.4 cm³/mol. The molecule has 0 N–H and O–H groups in total. The minimum absolute atomic E-state index is 0.297. The highest BCUT2D eigenvalue weighted by Crippen LogP contribution is 2.39. The summed E-state index contributed by atoms with van der Waals surface area (Å²) in [6, 6.07) is 5.55. The second kappa shape index (κ2) is 4.31. The molecule has 1 heterocycles. The largest absolute Gasteiger partial charge is 0.408 e. The van der Waals surface area contributed by atoms with E-state index in [2.05, 4.69) is 0 Å². The summed E-state index contributed by atoms with van der Waals surface area (Å²) >= 11 is 0. The number of benzene rings is 1. The van der Waals surface area contributed by atoms with Crippen molar-refractivity contribution >= 4 is 10.9 Å². The van der Waals surface area contributed by atoms with Gasteiger partial charge in [0, 0.05) is 29.7 Å². The summed E-state index contributed by atoms with van der Waals surface area (Å²) in [5, 5.41) is 0.649. The van der Waals surface area contributed by atoms with Crippen LogP contribution in [0.15, 0.2) is 30.5 Å². The lowest BCUT2D eigenvalue weighted by molar-refractivity contribution is -0.179. The van der Waals surface area contributed by atoms with Crippen molar-refractivity contribution in [3.63, 3.8) is 0 Å². The molecule has 2 aromatic rings. The van der Waals surface area contributed by atoms with E-state index in [-0.39, 0.29) is 0 Å². The van der Waals surface area contributed by atoms with Crippen molar-refractivity contribution in [3.8, 4) is 0 Å². The van der Waals surface area contributed by atoms with Gasteiger partial charge >= 0.3 is 6.18 Å². The molecule has 0 aliphatic rings. The number of para-hydroxylation sites is 1. The first-order valence-electron chi connectivity index (χ1n) is 5.59. The summed E-state index contributed by atoms with van der Waals surface area (Å²) in [5.74, 6) is 0. The topological polar surface area (TPSA) is 8.17 Å². The quantitative estimate of drug-likeness (QED) is 0.800. The molecule has 0 aliphatic carbocycles. The monoisotopic (exact) mass is 256 g/mol. The Morgan fingerprint density at radius 1 is 1.17 bits per heavy atom. The van der Waals surface area contributed by atoms with E-state index in [0.717, 1.165) is 5.52 Å². The molecule has 0 saturated heterocycles. The number of fused-ring (bicyclic) bond motifs is 1. The van der Waals surface area contributed by atoms with Gasteiger partial charge in [0.25, 0.3) is 0 Å². The van der Waals surface area contributed by atoms with Crippen molar-refractivity contribution in [2.75, 3.05) is 14.1 Å². The maximum atomic E-state index is 13.1. The normalized spacial score (nSPS) is 14.4. The summed E-state index contributed by atoms with van der Waals surface area (Å²) < 4.78 is 41.2. The van der Waals surface area contributed by atoms with Crippen LogP contribution in [0.2, 0.25) is 0 Å². The molecule has 98 valence electrons. The molecular formula is C13H15F3N2. The van der Waals surface area contributed by atoms with Gasteiger partial charge in [-0.15, -0.1) is 0 Å². The summed E-state index contributed by atoms with van der Waals surface area (Å²) in [5.41, 5.74) is 1.11. The van der Waals surface area contributed by atoms with Gasteiger partial charge in [0.05, 0.1) is 0 Å². The van der Waals surface area contributed by atoms with Crippen molar-refractivity contribution in [1.82, 2.24) is 9.47 Å². The Hall–Kier alpha value is -1.49. The molecule has 0 fully saturated rings. The highest BCUT2D eigenvalue weighted by Gasteiger charge is 2.43. The molecule has 2 nitrogen and oxygen atoms in total. The van der Waals surface area contributed by atoms with Crippen LogP contribution in [-0.2, 0) is 7.05 Å². The van der Waals surface area contributed by atoms with Gasteiger partial charge in [-0.1, -0.05) is 18.2 Å². The fourth-order valence-electron chi connectivity index (χ4n) is 2.34. The minimum Gasteiger partial charge on any atom is -0.350 e. The Balaban J connectivity index is 2.66. The van der Waals surface area contributed by atoms with Crippen molar-refractivity contribution in [3.05, 3.63) is 36.0 Å². The van der Waals surface area contributed by atoms with Gasteiger partial charge in [0.1, 0.15) is 6.04 Å². The summed E-state index contributed by atoms with van der Waals surface area (Å²) in [7, 11) is 4.65. The molecule has 5 heteroatoms. The number of nitrogens with zero attached hydrogens (tertiary/aromatic N) is 2. The van der Waals surface area contributed by atoms with E-state index in [4.69, 9.17) is 0 Å². The van der Waals surface area contributed by atoms with E-state index in [1.165, 1.54) is 19.0 Å². The number of aryl methyl sites for hydroxylation is 1. The average Bonchev–Trinajstić information content (AvgIpc) is 2.55. The highest BCUT2D eigenvalue weighted by atomic mass is 19.4. The standard InChI is InChI=1S/C13H15F3N2/c1-17(2)12(13(14,15)16)10-8-18(3)11-7-5-4-6-9(10)11/h4-8,12H,1-3H3. The van der Waals surface area contributed by atoms with E-state index in [9.17, 15) is 13.2 Å². The third-order valence-electron chi connectivity index (χ3n) is 3.05. The van der Waals surface area contributed by atoms with Gasteiger partial charge in [0.2, 0.25) is 0 Å². The second-order valence-electron chi connectivity index (χ2n) is 4.62. The molecule has 1 aromatic heterocycles. The van der Waals surface area contributed by atoms with Crippen LogP contribution in [0.5, 0.6) is 0 Å². The Morgan fingerprint density at radius 3 is 2.33 bits per heavy atom. The molecule has 2 rings (SSSR count). The predicted octanol–water partition coefficient (Wildman–Crippen LogP) is 3.34. The number of alkyl halides is 3. The summed E-state index contributed by atoms with van der Waals surface area (Å²) in [4.78, 5) is 1.20. The van der Waals surface area contributed by atoms with Crippen LogP contribution >= 0.6 is 0 Å². The third kappa shape index (κ3) is 2.10. The van der Waals surface area contributed by atoms with Gasteiger partial charge in [-0.05, 0) is 20.2 Å². The molecule has 0 aliphatic heterocycles. The van der Waals surface area contributed by atoms with Crippen LogP contribution in [0.25, 0.3) is 10.9 Å². The fraction of sp³-hybridized carbons (Fsp3) is 0.385. The Bertz CT molecular complexity index is 555. The van der Waals surface area contributed by atoms with E-state index in [1.807, 2.05) is 12.1 Å². The maximum absolute atomic E-state index is 13.1. The second-order valence-corrected chi connectivity index (χ2v) is 4.62. The SMILES string of the molecule is CN(C)C(c1cn(C)c2ccccc12)C(F)(F)F. The molecular weight excluding hydrogens is 241 g/mol. The summed E-state index contributed by atoms with van der Waals surface area (Å²) in [6.07, 6.45) is -2.73. The number of halogens is 3. The minimum atomic E-state index is -4.28. The zero-order chi connectivity index (χ0) is 13.5. The van der Waals surface area contributed by atoms with Crippen molar-refractivity contribution in [2.45, 2.75) is 12.2 Å². The molecule has 0 saturated carbocycles. The lowest BCUT2D eigenvalue weighted by Crippen LogP contribution is -2.33. The zero-order valence-corrected chi connectivity index (χ0v) is 10.5. The van der Waals surface area contributed by atoms with Gasteiger partial charge in [0.15, 0.2) is 0 Å². The van der Waals surface area contributed by atoms with Gasteiger partial charge in [-0.25, -0.2) is 0 Å². The molecule has 18 heavy (non-hydrogen) atoms. The van der Waals surface area contributed by atoms with E-state index in [0.29, 0.717) is 10.9 Å². The van der Waals surface area contributed by atoms with Crippen LogP contribution in [0.1, 0.15) is 11.6 Å². The van der Waals surface area contributed by atoms with Crippen LogP contribution in [-0.4, -0.2) is 29.7 Å². The number of aromatic nitrogens is 1. The molecule has 0 bridgehead atoms. The lowest BCUT2D eigenvalue weighted by atomic mass is 10.0. The maximum Gasteiger partial charge on any atom is 0.408 e. The first-order valence-corrected chi connectivity index (χ1v) is 5.59. The van der Waals surface area contributed by atoms with Crippen LogP contribution < -0.4 is 0 Å². The average molecular weight is 256 g/mol. The van der Waals surface area contributed by atoms with E-state index >= 15 is 0 Å². The first kappa shape index (κ1) is 13.0. The van der Waals surface area contributed by atoms with Gasteiger partial charge < -0.3 is 4.57 Å². The highest BCUT2D eigenvalue weighted by molar-refractivity contribution is 5.84. The Morgan fingerprint density at radius 2 is 1.78 bits per heavy atom. The van der Waals surface area contributed by atoms with Crippen molar-refractivity contribution < 1.29 is 13.2 Å².